The van der Waals surface area contributed by atoms with E-state index < -0.39 is 17.3 Å². The van der Waals surface area contributed by atoms with E-state index in [9.17, 15) is 14.0 Å². The molecule has 0 aliphatic carbocycles. The number of hydrogen-bond acceptors (Lipinski definition) is 8. The summed E-state index contributed by atoms with van der Waals surface area (Å²) in [6.45, 7) is 9.78. The van der Waals surface area contributed by atoms with E-state index in [1.165, 1.54) is 12.5 Å². The Kier molecular flexibility index (Phi) is 6.79. The number of carbonyl (C=O) groups is 2. The van der Waals surface area contributed by atoms with Crippen molar-refractivity contribution in [3.8, 4) is 0 Å². The molecule has 0 saturated carbocycles. The zero-order chi connectivity index (χ0) is 29.6. The second-order valence-electron chi connectivity index (χ2n) is 11.3. The minimum absolute atomic E-state index is 0.190. The molecule has 0 unspecified atom stereocenters. The van der Waals surface area contributed by atoms with Gasteiger partial charge in [-0.15, -0.1) is 0 Å². The third-order valence-corrected chi connectivity index (χ3v) is 6.90. The predicted molar refractivity (Wildman–Crippen MR) is 153 cm³/mol. The van der Waals surface area contributed by atoms with Crippen molar-refractivity contribution in [2.24, 2.45) is 0 Å². The Morgan fingerprint density at radius 1 is 1.12 bits per heavy atom. The molecule has 13 heteroatoms. The van der Waals surface area contributed by atoms with Crippen molar-refractivity contribution in [3.05, 3.63) is 72.2 Å². The van der Waals surface area contributed by atoms with Crippen LogP contribution in [0.3, 0.4) is 0 Å². The van der Waals surface area contributed by atoms with Crippen LogP contribution in [0.25, 0.3) is 16.6 Å². The molecule has 0 bridgehead atoms. The van der Waals surface area contributed by atoms with Crippen molar-refractivity contribution in [1.82, 2.24) is 29.0 Å². The van der Waals surface area contributed by atoms with Crippen LogP contribution in [0.1, 0.15) is 42.6 Å². The molecule has 1 aromatic carbocycles. The van der Waals surface area contributed by atoms with Gasteiger partial charge in [0.1, 0.15) is 23.4 Å². The Morgan fingerprint density at radius 3 is 2.62 bits per heavy atom. The van der Waals surface area contributed by atoms with E-state index in [2.05, 4.69) is 20.2 Å². The van der Waals surface area contributed by atoms with Gasteiger partial charge in [0.15, 0.2) is 17.9 Å². The van der Waals surface area contributed by atoms with Gasteiger partial charge in [0.25, 0.3) is 5.91 Å². The molecule has 1 aliphatic heterocycles. The van der Waals surface area contributed by atoms with Gasteiger partial charge in [0, 0.05) is 61.9 Å². The number of anilines is 2. The first kappa shape index (κ1) is 27.2. The number of oxazole rings is 1. The van der Waals surface area contributed by atoms with Crippen molar-refractivity contribution in [2.75, 3.05) is 36.4 Å². The van der Waals surface area contributed by atoms with Crippen LogP contribution in [0, 0.1) is 12.7 Å². The summed E-state index contributed by atoms with van der Waals surface area (Å²) in [4.78, 5) is 38.1. The molecule has 42 heavy (non-hydrogen) atoms. The van der Waals surface area contributed by atoms with Crippen LogP contribution in [-0.2, 0) is 11.3 Å². The summed E-state index contributed by atoms with van der Waals surface area (Å²) in [5.41, 5.74) is 2.28. The lowest BCUT2D eigenvalue weighted by Crippen LogP contribution is -2.50. The highest BCUT2D eigenvalue weighted by Gasteiger charge is 2.28. The number of ether oxygens (including phenoxy) is 1. The number of imidazole rings is 1. The third kappa shape index (κ3) is 5.49. The molecular formula is C29H31FN8O4. The van der Waals surface area contributed by atoms with Crippen LogP contribution in [0.15, 0.2) is 53.8 Å². The number of pyridine rings is 1. The number of benzene rings is 1. The number of hydrogen-bond donors (Lipinski definition) is 1. The van der Waals surface area contributed by atoms with E-state index in [0.29, 0.717) is 60.9 Å². The zero-order valence-corrected chi connectivity index (χ0v) is 23.8. The first-order valence-electron chi connectivity index (χ1n) is 13.6. The topological polar surface area (TPSA) is 123 Å². The fourth-order valence-electron chi connectivity index (χ4n) is 5.06. The van der Waals surface area contributed by atoms with Gasteiger partial charge in [-0.1, -0.05) is 0 Å². The van der Waals surface area contributed by atoms with Crippen molar-refractivity contribution >= 4 is 39.9 Å². The van der Waals surface area contributed by atoms with Gasteiger partial charge in [0.2, 0.25) is 0 Å². The number of carbonyl (C=O) groups excluding carboxylic acids is 2. The van der Waals surface area contributed by atoms with Crippen LogP contribution in [-0.4, -0.2) is 72.8 Å². The number of rotatable bonds is 5. The standard InChI is InChI=1S/C29H31FN8O4/c1-18-13-37-14-19(11-23(30)26(37)32-18)33-27(39)21-5-6-24(22-16-38(34-25(21)22)15-20-12-31-17-41-20)35-7-9-36(10-8-35)28(40)42-29(2,3)4/h5-6,11-14,16-17H,7-10,15H2,1-4H3,(H,33,39). The fourth-order valence-corrected chi connectivity index (χ4v) is 5.06. The average molecular weight is 575 g/mol. The SMILES string of the molecule is Cc1cn2cc(NC(=O)c3ccc(N4CCN(C(=O)OC(C)(C)C)CC4)c4cn(Cc5cnco5)nc34)cc(F)c2n1. The molecule has 1 saturated heterocycles. The maximum atomic E-state index is 14.7. The lowest BCUT2D eigenvalue weighted by Gasteiger charge is -2.37. The van der Waals surface area contributed by atoms with Gasteiger partial charge < -0.3 is 28.7 Å². The second kappa shape index (κ2) is 10.5. The van der Waals surface area contributed by atoms with Gasteiger partial charge in [-0.2, -0.15) is 5.10 Å². The summed E-state index contributed by atoms with van der Waals surface area (Å²) in [7, 11) is 0. The number of nitrogens with one attached hydrogen (secondary N) is 1. The Morgan fingerprint density at radius 2 is 1.90 bits per heavy atom. The monoisotopic (exact) mass is 574 g/mol. The molecule has 218 valence electrons. The van der Waals surface area contributed by atoms with Crippen LogP contribution in [0.4, 0.5) is 20.6 Å². The highest BCUT2D eigenvalue weighted by atomic mass is 19.1. The van der Waals surface area contributed by atoms with Gasteiger partial charge in [0.05, 0.1) is 23.1 Å². The Balaban J connectivity index is 1.29. The highest BCUT2D eigenvalue weighted by Crippen LogP contribution is 2.31. The summed E-state index contributed by atoms with van der Waals surface area (Å²) >= 11 is 0. The molecule has 0 spiro atoms. The number of piperazine rings is 1. The lowest BCUT2D eigenvalue weighted by molar-refractivity contribution is 0.0240. The molecule has 12 nitrogen and oxygen atoms in total. The van der Waals surface area contributed by atoms with E-state index in [-0.39, 0.29) is 11.7 Å². The number of fused-ring (bicyclic) bond motifs is 2. The van der Waals surface area contributed by atoms with Gasteiger partial charge in [-0.3, -0.25) is 9.48 Å². The smallest absolute Gasteiger partial charge is 0.410 e. The molecular weight excluding hydrogens is 543 g/mol. The van der Waals surface area contributed by atoms with Crippen LogP contribution < -0.4 is 10.2 Å². The lowest BCUT2D eigenvalue weighted by atomic mass is 10.1. The summed E-state index contributed by atoms with van der Waals surface area (Å²) in [6, 6.07) is 4.84. The zero-order valence-electron chi connectivity index (χ0n) is 23.8. The highest BCUT2D eigenvalue weighted by molar-refractivity contribution is 6.14. The Labute approximate surface area is 240 Å². The summed E-state index contributed by atoms with van der Waals surface area (Å²) in [5.74, 6) is -0.356. The number of nitrogens with zero attached hydrogens (tertiary/aromatic N) is 7. The largest absolute Gasteiger partial charge is 0.447 e. The van der Waals surface area contributed by atoms with Crippen molar-refractivity contribution < 1.29 is 23.1 Å². The van der Waals surface area contributed by atoms with E-state index in [1.807, 2.05) is 33.0 Å². The first-order chi connectivity index (χ1) is 20.0. The van der Waals surface area contributed by atoms with E-state index >= 15 is 0 Å². The summed E-state index contributed by atoms with van der Waals surface area (Å²) in [5, 5.41) is 8.30. The van der Waals surface area contributed by atoms with Crippen LogP contribution in [0.5, 0.6) is 0 Å². The normalized spacial score (nSPS) is 14.1. The molecule has 0 radical (unpaired) electrons. The quantitative estimate of drug-likeness (QED) is 0.326. The molecule has 6 rings (SSSR count). The predicted octanol–water partition coefficient (Wildman–Crippen LogP) is 4.48. The Bertz CT molecular complexity index is 1780. The molecule has 2 amide bonds. The first-order valence-corrected chi connectivity index (χ1v) is 13.6. The van der Waals surface area contributed by atoms with E-state index in [4.69, 9.17) is 14.3 Å². The molecule has 1 N–H and O–H groups in total. The van der Waals surface area contributed by atoms with Crippen molar-refractivity contribution in [2.45, 2.75) is 39.8 Å². The molecule has 5 heterocycles. The minimum Gasteiger partial charge on any atom is -0.447 e. The van der Waals surface area contributed by atoms with Gasteiger partial charge in [-0.05, 0) is 39.8 Å². The van der Waals surface area contributed by atoms with E-state index in [1.54, 1.807) is 45.6 Å². The average Bonchev–Trinajstić information content (AvgIpc) is 3.67. The fraction of sp³-hybridized carbons (Fsp3) is 0.345. The van der Waals surface area contributed by atoms with Crippen molar-refractivity contribution in [1.29, 1.82) is 0 Å². The van der Waals surface area contributed by atoms with Crippen LogP contribution >= 0.6 is 0 Å². The molecule has 1 aliphatic rings. The van der Waals surface area contributed by atoms with Gasteiger partial charge in [-0.25, -0.2) is 19.2 Å². The summed E-state index contributed by atoms with van der Waals surface area (Å²) < 4.78 is 28.8. The summed E-state index contributed by atoms with van der Waals surface area (Å²) in [6.07, 6.45) is 7.80. The minimum atomic E-state index is -0.565. The maximum absolute atomic E-state index is 14.7. The van der Waals surface area contributed by atoms with Gasteiger partial charge >= 0.3 is 6.09 Å². The van der Waals surface area contributed by atoms with Crippen molar-refractivity contribution in [3.63, 3.8) is 0 Å². The second-order valence-corrected chi connectivity index (χ2v) is 11.3. The maximum Gasteiger partial charge on any atom is 0.410 e. The molecule has 5 aromatic rings. The Hall–Kier alpha value is -4.94. The molecule has 0 atom stereocenters. The number of aryl methyl sites for hydroxylation is 1. The molecule has 1 fully saturated rings. The molecule has 4 aromatic heterocycles. The van der Waals surface area contributed by atoms with E-state index in [0.717, 1.165) is 11.1 Å². The number of amides is 2. The third-order valence-electron chi connectivity index (χ3n) is 6.90. The van der Waals surface area contributed by atoms with Crippen LogP contribution in [0.2, 0.25) is 0 Å². The number of aromatic nitrogens is 5. The number of halogens is 1.